The molecular weight excluding hydrogens is 476 g/mol. The minimum Gasteiger partial charge on any atom is -0.464 e. The number of esters is 2. The maximum absolute atomic E-state index is 10.9. The van der Waals surface area contributed by atoms with Crippen molar-refractivity contribution in [3.8, 4) is 0 Å². The fourth-order valence-corrected chi connectivity index (χ4v) is 2.60. The fourth-order valence-electron chi connectivity index (χ4n) is 2.60. The summed E-state index contributed by atoms with van der Waals surface area (Å²) in [7, 11) is 0. The molecule has 0 saturated heterocycles. The van der Waals surface area contributed by atoms with Crippen molar-refractivity contribution in [3.63, 3.8) is 0 Å². The first-order valence-corrected chi connectivity index (χ1v) is 12.8. The summed E-state index contributed by atoms with van der Waals surface area (Å²) in [6.45, 7) is 9.23. The summed E-state index contributed by atoms with van der Waals surface area (Å²) in [5.74, 6) is -0.884. The van der Waals surface area contributed by atoms with Crippen molar-refractivity contribution < 1.29 is 38.4 Å². The average Bonchev–Trinajstić information content (AvgIpc) is 2.93. The molecule has 0 aliphatic rings. The minimum absolute atomic E-state index is 0.0204. The van der Waals surface area contributed by atoms with Gasteiger partial charge in [0.25, 0.3) is 0 Å². The second-order valence-electron chi connectivity index (χ2n) is 7.60. The highest BCUT2D eigenvalue weighted by atomic mass is 16.6. The summed E-state index contributed by atoms with van der Waals surface area (Å²) >= 11 is 0. The van der Waals surface area contributed by atoms with E-state index in [-0.39, 0.29) is 12.6 Å². The smallest absolute Gasteiger partial charge is 0.332 e. The highest BCUT2D eigenvalue weighted by Crippen LogP contribution is 2.02. The van der Waals surface area contributed by atoms with Crippen LogP contribution >= 0.6 is 0 Å². The summed E-state index contributed by atoms with van der Waals surface area (Å²) in [6, 6.07) is 20.3. The third-order valence-corrected chi connectivity index (χ3v) is 4.40. The zero-order chi connectivity index (χ0) is 27.4. The molecule has 0 radical (unpaired) electrons. The van der Waals surface area contributed by atoms with Gasteiger partial charge in [-0.05, 0) is 37.8 Å². The number of aliphatic hydroxyl groups is 1. The Bertz CT molecular complexity index is 768. The third-order valence-electron chi connectivity index (χ3n) is 4.40. The lowest BCUT2D eigenvalue weighted by Gasteiger charge is -2.05. The summed E-state index contributed by atoms with van der Waals surface area (Å²) in [5.41, 5.74) is 2.42. The topological polar surface area (TPSA) is 101 Å². The molecule has 0 fully saturated rings. The molecule has 2 aromatic carbocycles. The minimum atomic E-state index is -0.567. The van der Waals surface area contributed by atoms with Crippen molar-refractivity contribution in [1.29, 1.82) is 0 Å². The van der Waals surface area contributed by atoms with Crippen LogP contribution in [0.5, 0.6) is 0 Å². The van der Waals surface area contributed by atoms with Gasteiger partial charge in [-0.3, -0.25) is 0 Å². The van der Waals surface area contributed by atoms with Crippen LogP contribution < -0.4 is 0 Å². The monoisotopic (exact) mass is 520 g/mol. The zero-order valence-electron chi connectivity index (χ0n) is 22.6. The Kier molecular flexibility index (Phi) is 24.3. The molecule has 2 aromatic rings. The van der Waals surface area contributed by atoms with Gasteiger partial charge in [-0.25, -0.2) is 9.59 Å². The number of carbonyl (C=O) groups is 2. The Morgan fingerprint density at radius 1 is 0.649 bits per heavy atom. The molecule has 0 aliphatic carbocycles. The van der Waals surface area contributed by atoms with E-state index in [1.807, 2.05) is 48.5 Å². The molecule has 0 unspecified atom stereocenters. The van der Waals surface area contributed by atoms with Gasteiger partial charge in [0, 0.05) is 19.8 Å². The molecule has 1 N–H and O–H groups in total. The molecule has 2 rings (SSSR count). The normalized spacial score (nSPS) is 9.84. The Balaban J connectivity index is 0.000000586. The van der Waals surface area contributed by atoms with E-state index in [1.165, 1.54) is 12.0 Å². The van der Waals surface area contributed by atoms with Gasteiger partial charge in [0.1, 0.15) is 13.2 Å². The highest BCUT2D eigenvalue weighted by Gasteiger charge is 2.00. The Hall–Kier alpha value is -2.78. The van der Waals surface area contributed by atoms with Crippen LogP contribution in [0, 0.1) is 0 Å². The van der Waals surface area contributed by atoms with Crippen molar-refractivity contribution >= 4 is 11.9 Å². The summed E-state index contributed by atoms with van der Waals surface area (Å²) in [4.78, 5) is 20.9. The van der Waals surface area contributed by atoms with Gasteiger partial charge in [-0.15, -0.1) is 0 Å². The van der Waals surface area contributed by atoms with Crippen LogP contribution in [0.25, 0.3) is 0 Å². The van der Waals surface area contributed by atoms with E-state index < -0.39 is 12.6 Å². The first kappa shape index (κ1) is 34.2. The summed E-state index contributed by atoms with van der Waals surface area (Å²) in [6.07, 6.45) is 3.13. The zero-order valence-corrected chi connectivity index (χ0v) is 22.6. The molecule has 208 valence electrons. The Morgan fingerprint density at radius 2 is 1.11 bits per heavy atom. The van der Waals surface area contributed by atoms with E-state index in [4.69, 9.17) is 24.1 Å². The van der Waals surface area contributed by atoms with E-state index >= 15 is 0 Å². The maximum Gasteiger partial charge on any atom is 0.332 e. The molecule has 0 aliphatic heterocycles. The molecule has 8 nitrogen and oxygen atoms in total. The molecule has 0 saturated carbocycles. The van der Waals surface area contributed by atoms with Crippen LogP contribution in [-0.4, -0.2) is 63.3 Å². The Labute approximate surface area is 221 Å². The lowest BCUT2D eigenvalue weighted by Crippen LogP contribution is -2.13. The number of hydrogen-bond acceptors (Lipinski definition) is 8. The average molecular weight is 521 g/mol. The van der Waals surface area contributed by atoms with Gasteiger partial charge in [-0.1, -0.05) is 74.0 Å². The molecule has 0 spiro atoms. The highest BCUT2D eigenvalue weighted by molar-refractivity contribution is 5.70. The second kappa shape index (κ2) is 26.3. The first-order chi connectivity index (χ1) is 18.1. The number of benzene rings is 2. The van der Waals surface area contributed by atoms with Crippen molar-refractivity contribution in [3.05, 3.63) is 71.8 Å². The van der Waals surface area contributed by atoms with E-state index in [2.05, 4.69) is 23.8 Å². The molecule has 0 atom stereocenters. The quantitative estimate of drug-likeness (QED) is 0.251. The van der Waals surface area contributed by atoms with E-state index in [0.29, 0.717) is 33.0 Å². The molecule has 0 amide bonds. The third kappa shape index (κ3) is 23.4. The maximum atomic E-state index is 10.9. The number of ether oxygens (including phenoxy) is 5. The predicted octanol–water partition coefficient (Wildman–Crippen LogP) is 4.72. The predicted molar refractivity (Wildman–Crippen MR) is 143 cm³/mol. The van der Waals surface area contributed by atoms with Gasteiger partial charge in [0.2, 0.25) is 0 Å². The SMILES string of the molecule is CCCCOCc1ccccc1.CCOC(=O)CO.CCOC(=O)COCCCOCc1ccccc1. The molecular formula is C29H44O8. The first-order valence-electron chi connectivity index (χ1n) is 12.8. The van der Waals surface area contributed by atoms with E-state index in [0.717, 1.165) is 31.6 Å². The lowest BCUT2D eigenvalue weighted by atomic mass is 10.2. The standard InChI is InChI=1S/C14H20O4.C11H16O.C4H8O3/c1-2-18-14(15)12-17-10-6-9-16-11-13-7-4-3-5-8-13;1-2-3-9-12-10-11-7-5-4-6-8-11;1-2-7-4(6)3-5/h3-5,7-8H,2,6,9-12H2,1H3;4-8H,2-3,9-10H2,1H3;5H,2-3H2,1H3. The number of aliphatic hydroxyl groups excluding tert-OH is 1. The van der Waals surface area contributed by atoms with Gasteiger partial charge in [0.15, 0.2) is 0 Å². The molecule has 8 heteroatoms. The van der Waals surface area contributed by atoms with Crippen molar-refractivity contribution in [1.82, 2.24) is 0 Å². The van der Waals surface area contributed by atoms with Crippen LogP contribution in [0.2, 0.25) is 0 Å². The molecule has 37 heavy (non-hydrogen) atoms. The van der Waals surface area contributed by atoms with Crippen LogP contribution in [0.15, 0.2) is 60.7 Å². The van der Waals surface area contributed by atoms with Crippen LogP contribution in [0.1, 0.15) is 51.2 Å². The van der Waals surface area contributed by atoms with E-state index in [9.17, 15) is 9.59 Å². The second-order valence-corrected chi connectivity index (χ2v) is 7.60. The van der Waals surface area contributed by atoms with Crippen molar-refractivity contribution in [2.24, 2.45) is 0 Å². The summed E-state index contributed by atoms with van der Waals surface area (Å²) in [5, 5.41) is 7.99. The van der Waals surface area contributed by atoms with Gasteiger partial charge in [-0.2, -0.15) is 0 Å². The van der Waals surface area contributed by atoms with Crippen LogP contribution in [0.3, 0.4) is 0 Å². The Morgan fingerprint density at radius 3 is 1.54 bits per heavy atom. The molecule has 0 heterocycles. The van der Waals surface area contributed by atoms with Gasteiger partial charge < -0.3 is 28.8 Å². The lowest BCUT2D eigenvalue weighted by molar-refractivity contribution is -0.148. The summed E-state index contributed by atoms with van der Waals surface area (Å²) < 4.78 is 25.1. The molecule has 0 aromatic heterocycles. The number of unbranched alkanes of at least 4 members (excludes halogenated alkanes) is 1. The van der Waals surface area contributed by atoms with E-state index in [1.54, 1.807) is 13.8 Å². The largest absolute Gasteiger partial charge is 0.464 e. The van der Waals surface area contributed by atoms with Crippen molar-refractivity contribution in [2.75, 3.05) is 46.2 Å². The van der Waals surface area contributed by atoms with Gasteiger partial charge in [0.05, 0.1) is 26.4 Å². The number of rotatable bonds is 16. The van der Waals surface area contributed by atoms with Crippen molar-refractivity contribution in [2.45, 2.75) is 53.2 Å². The molecule has 0 bridgehead atoms. The fraction of sp³-hybridized carbons (Fsp3) is 0.517. The number of carbonyl (C=O) groups excluding carboxylic acids is 2. The van der Waals surface area contributed by atoms with Gasteiger partial charge >= 0.3 is 11.9 Å². The van der Waals surface area contributed by atoms with Crippen LogP contribution in [-0.2, 0) is 46.5 Å². The number of hydrogen-bond donors (Lipinski definition) is 1. The van der Waals surface area contributed by atoms with Crippen LogP contribution in [0.4, 0.5) is 0 Å².